The van der Waals surface area contributed by atoms with Gasteiger partial charge >= 0.3 is 0 Å². The standard InChI is InChI=1S/C7H9NS/c1-2-4-7-6(3-1)8-5-9-7/h2,4-7H,1,3H2. The van der Waals surface area contributed by atoms with E-state index >= 15 is 0 Å². The fourth-order valence-electron chi connectivity index (χ4n) is 1.27. The molecule has 1 aliphatic heterocycles. The Bertz CT molecular complexity index is 162. The van der Waals surface area contributed by atoms with Gasteiger partial charge in [0.15, 0.2) is 0 Å². The summed E-state index contributed by atoms with van der Waals surface area (Å²) < 4.78 is 0. The molecule has 9 heavy (non-hydrogen) atoms. The van der Waals surface area contributed by atoms with E-state index in [1.807, 2.05) is 17.3 Å². The van der Waals surface area contributed by atoms with E-state index in [9.17, 15) is 0 Å². The van der Waals surface area contributed by atoms with Gasteiger partial charge in [-0.3, -0.25) is 4.99 Å². The topological polar surface area (TPSA) is 12.4 Å². The van der Waals surface area contributed by atoms with Gasteiger partial charge in [-0.2, -0.15) is 0 Å². The molecule has 0 aromatic heterocycles. The quantitative estimate of drug-likeness (QED) is 0.466. The molecule has 48 valence electrons. The molecule has 2 atom stereocenters. The van der Waals surface area contributed by atoms with E-state index in [1.165, 1.54) is 12.8 Å². The number of allylic oxidation sites excluding steroid dienone is 1. The lowest BCUT2D eigenvalue weighted by Crippen LogP contribution is -2.17. The molecule has 2 rings (SSSR count). The Balaban J connectivity index is 2.16. The summed E-state index contributed by atoms with van der Waals surface area (Å²) in [5.41, 5.74) is 1.99. The summed E-state index contributed by atoms with van der Waals surface area (Å²) in [7, 11) is 0. The van der Waals surface area contributed by atoms with Gasteiger partial charge in [0.2, 0.25) is 0 Å². The lowest BCUT2D eigenvalue weighted by atomic mass is 10.0. The van der Waals surface area contributed by atoms with Crippen molar-refractivity contribution in [2.75, 3.05) is 0 Å². The Morgan fingerprint density at radius 3 is 3.44 bits per heavy atom. The van der Waals surface area contributed by atoms with Crippen LogP contribution in [0.25, 0.3) is 0 Å². The van der Waals surface area contributed by atoms with Crippen LogP contribution in [0.4, 0.5) is 0 Å². The average Bonchev–Trinajstić information content (AvgIpc) is 2.33. The third-order valence-electron chi connectivity index (χ3n) is 1.80. The SMILES string of the molecule is C1=CC2SC=NC2CC1. The fraction of sp³-hybridized carbons (Fsp3) is 0.571. The Morgan fingerprint density at radius 1 is 1.56 bits per heavy atom. The number of thioether (sulfide) groups is 1. The fourth-order valence-corrected chi connectivity index (χ4v) is 2.23. The van der Waals surface area contributed by atoms with Gasteiger partial charge in [0.05, 0.1) is 16.8 Å². The van der Waals surface area contributed by atoms with Crippen LogP contribution in [0, 0.1) is 0 Å². The monoisotopic (exact) mass is 139 g/mol. The molecule has 0 bridgehead atoms. The lowest BCUT2D eigenvalue weighted by molar-refractivity contribution is 0.630. The van der Waals surface area contributed by atoms with Crippen molar-refractivity contribution in [2.24, 2.45) is 4.99 Å². The van der Waals surface area contributed by atoms with Crippen LogP contribution >= 0.6 is 11.8 Å². The van der Waals surface area contributed by atoms with Crippen molar-refractivity contribution in [3.8, 4) is 0 Å². The van der Waals surface area contributed by atoms with Gasteiger partial charge in [-0.05, 0) is 12.8 Å². The summed E-state index contributed by atoms with van der Waals surface area (Å²) in [6.45, 7) is 0. The highest BCUT2D eigenvalue weighted by atomic mass is 32.2. The number of nitrogens with zero attached hydrogens (tertiary/aromatic N) is 1. The highest BCUT2D eigenvalue weighted by Crippen LogP contribution is 2.29. The van der Waals surface area contributed by atoms with Crippen molar-refractivity contribution in [1.29, 1.82) is 0 Å². The minimum Gasteiger partial charge on any atom is -0.281 e. The maximum atomic E-state index is 4.34. The molecule has 0 N–H and O–H groups in total. The molecule has 2 heteroatoms. The van der Waals surface area contributed by atoms with Gasteiger partial charge < -0.3 is 0 Å². The van der Waals surface area contributed by atoms with E-state index in [4.69, 9.17) is 0 Å². The van der Waals surface area contributed by atoms with Crippen molar-refractivity contribution >= 4 is 17.3 Å². The summed E-state index contributed by atoms with van der Waals surface area (Å²) in [5.74, 6) is 0. The van der Waals surface area contributed by atoms with Crippen LogP contribution in [0.5, 0.6) is 0 Å². The molecule has 0 amide bonds. The normalized spacial score (nSPS) is 39.1. The van der Waals surface area contributed by atoms with Crippen LogP contribution < -0.4 is 0 Å². The molecule has 0 saturated carbocycles. The first-order valence-corrected chi connectivity index (χ1v) is 4.25. The Morgan fingerprint density at radius 2 is 2.56 bits per heavy atom. The predicted octanol–water partition coefficient (Wildman–Crippen LogP) is 1.85. The van der Waals surface area contributed by atoms with Crippen LogP contribution in [0.1, 0.15) is 12.8 Å². The zero-order valence-electron chi connectivity index (χ0n) is 5.16. The maximum absolute atomic E-state index is 4.34. The lowest BCUT2D eigenvalue weighted by Gasteiger charge is -2.16. The summed E-state index contributed by atoms with van der Waals surface area (Å²) >= 11 is 1.85. The van der Waals surface area contributed by atoms with E-state index in [1.54, 1.807) is 0 Å². The van der Waals surface area contributed by atoms with Crippen LogP contribution in [0.15, 0.2) is 17.1 Å². The van der Waals surface area contributed by atoms with Gasteiger partial charge in [-0.15, -0.1) is 11.8 Å². The van der Waals surface area contributed by atoms with E-state index in [0.717, 1.165) is 0 Å². The Hall–Kier alpha value is -0.240. The third-order valence-corrected chi connectivity index (χ3v) is 2.83. The third kappa shape index (κ3) is 0.917. The van der Waals surface area contributed by atoms with Gasteiger partial charge in [0.1, 0.15) is 0 Å². The number of hydrogen-bond acceptors (Lipinski definition) is 2. The molecule has 0 spiro atoms. The van der Waals surface area contributed by atoms with Crippen molar-refractivity contribution < 1.29 is 0 Å². The number of aliphatic imine (C=N–C) groups is 1. The molecule has 0 aromatic carbocycles. The first-order valence-electron chi connectivity index (χ1n) is 3.30. The second-order valence-electron chi connectivity index (χ2n) is 2.43. The van der Waals surface area contributed by atoms with Crippen molar-refractivity contribution in [3.63, 3.8) is 0 Å². The largest absolute Gasteiger partial charge is 0.281 e. The minimum absolute atomic E-state index is 0.611. The van der Waals surface area contributed by atoms with E-state index in [-0.39, 0.29) is 0 Å². The molecule has 0 aromatic rings. The molecule has 0 saturated heterocycles. The molecule has 2 aliphatic rings. The number of fused-ring (bicyclic) bond motifs is 1. The van der Waals surface area contributed by atoms with Crippen LogP contribution in [0.2, 0.25) is 0 Å². The molecule has 2 unspecified atom stereocenters. The molecule has 0 radical (unpaired) electrons. The van der Waals surface area contributed by atoms with Crippen molar-refractivity contribution in [2.45, 2.75) is 24.1 Å². The van der Waals surface area contributed by atoms with E-state index in [2.05, 4.69) is 17.1 Å². The van der Waals surface area contributed by atoms with Crippen molar-refractivity contribution in [1.82, 2.24) is 0 Å². The molecular formula is C7H9NS. The smallest absolute Gasteiger partial charge is 0.0666 e. The predicted molar refractivity (Wildman–Crippen MR) is 42.0 cm³/mol. The highest BCUT2D eigenvalue weighted by molar-refractivity contribution is 8.13. The minimum atomic E-state index is 0.611. The summed E-state index contributed by atoms with van der Waals surface area (Å²) in [6, 6.07) is 0.611. The Kier molecular flexibility index (Phi) is 1.34. The van der Waals surface area contributed by atoms with Crippen LogP contribution in [0.3, 0.4) is 0 Å². The average molecular weight is 139 g/mol. The number of rotatable bonds is 0. The second-order valence-corrected chi connectivity index (χ2v) is 3.46. The van der Waals surface area contributed by atoms with Gasteiger partial charge in [0.25, 0.3) is 0 Å². The van der Waals surface area contributed by atoms with Crippen LogP contribution in [-0.4, -0.2) is 16.8 Å². The summed E-state index contributed by atoms with van der Waals surface area (Å²) in [5, 5.41) is 0.679. The van der Waals surface area contributed by atoms with Crippen LogP contribution in [-0.2, 0) is 0 Å². The molecule has 0 fully saturated rings. The second kappa shape index (κ2) is 2.18. The molecule has 1 aliphatic carbocycles. The van der Waals surface area contributed by atoms with Gasteiger partial charge in [0, 0.05) is 0 Å². The highest BCUT2D eigenvalue weighted by Gasteiger charge is 2.23. The van der Waals surface area contributed by atoms with Gasteiger partial charge in [-0.25, -0.2) is 0 Å². The Labute approximate surface area is 59.2 Å². The van der Waals surface area contributed by atoms with E-state index < -0.39 is 0 Å². The molecule has 1 heterocycles. The number of hydrogen-bond donors (Lipinski definition) is 0. The zero-order valence-corrected chi connectivity index (χ0v) is 5.97. The van der Waals surface area contributed by atoms with E-state index in [0.29, 0.717) is 11.3 Å². The molecule has 1 nitrogen and oxygen atoms in total. The summed E-state index contributed by atoms with van der Waals surface area (Å²) in [4.78, 5) is 4.34. The van der Waals surface area contributed by atoms with Crippen molar-refractivity contribution in [3.05, 3.63) is 12.2 Å². The maximum Gasteiger partial charge on any atom is 0.0666 e. The first-order chi connectivity index (χ1) is 4.47. The van der Waals surface area contributed by atoms with Gasteiger partial charge in [-0.1, -0.05) is 12.2 Å². The summed E-state index contributed by atoms with van der Waals surface area (Å²) in [6.07, 6.45) is 7.03. The zero-order chi connectivity index (χ0) is 6.10. The molecular weight excluding hydrogens is 130 g/mol. The first kappa shape index (κ1) is 5.54.